The Morgan fingerprint density at radius 3 is 2.42 bits per heavy atom. The lowest BCUT2D eigenvalue weighted by atomic mass is 9.86. The van der Waals surface area contributed by atoms with Crippen LogP contribution in [0, 0.1) is 11.3 Å². The van der Waals surface area contributed by atoms with Crippen LogP contribution in [0.4, 0.5) is 0 Å². The number of nitrogens with zero attached hydrogens (tertiary/aromatic N) is 1. The Hall–Kier alpha value is -3.05. The highest BCUT2D eigenvalue weighted by molar-refractivity contribution is 5.77. The number of nitriles is 1. The second-order valence-corrected chi connectivity index (χ2v) is 7.83. The summed E-state index contributed by atoms with van der Waals surface area (Å²) in [6, 6.07) is 22.8. The van der Waals surface area contributed by atoms with Gasteiger partial charge in [-0.15, -0.1) is 0 Å². The third-order valence-electron chi connectivity index (χ3n) is 4.96. The van der Waals surface area contributed by atoms with Crippen LogP contribution >= 0.6 is 0 Å². The fourth-order valence-corrected chi connectivity index (χ4v) is 3.47. The van der Waals surface area contributed by atoms with Gasteiger partial charge < -0.3 is 4.74 Å². The van der Waals surface area contributed by atoms with Gasteiger partial charge in [-0.2, -0.15) is 5.26 Å². The van der Waals surface area contributed by atoms with E-state index < -0.39 is 0 Å². The van der Waals surface area contributed by atoms with Crippen LogP contribution in [0.15, 0.2) is 60.7 Å². The van der Waals surface area contributed by atoms with Crippen LogP contribution in [-0.2, 0) is 11.8 Å². The zero-order valence-corrected chi connectivity index (χ0v) is 15.3. The summed E-state index contributed by atoms with van der Waals surface area (Å²) >= 11 is 0. The molecule has 0 unspecified atom stereocenters. The van der Waals surface area contributed by atoms with E-state index in [-0.39, 0.29) is 5.41 Å². The van der Waals surface area contributed by atoms with E-state index in [1.54, 1.807) is 0 Å². The van der Waals surface area contributed by atoms with Gasteiger partial charge in [-0.1, -0.05) is 57.2 Å². The molecule has 2 heteroatoms. The summed E-state index contributed by atoms with van der Waals surface area (Å²) in [5.41, 5.74) is 6.87. The first-order valence-corrected chi connectivity index (χ1v) is 8.89. The summed E-state index contributed by atoms with van der Waals surface area (Å²) in [5, 5.41) is 9.54. The highest BCUT2D eigenvalue weighted by atomic mass is 16.5. The van der Waals surface area contributed by atoms with Gasteiger partial charge >= 0.3 is 0 Å². The van der Waals surface area contributed by atoms with Crippen molar-refractivity contribution >= 4 is 0 Å². The maximum atomic E-state index is 9.54. The Morgan fingerprint density at radius 1 is 0.885 bits per heavy atom. The average Bonchev–Trinajstić information content (AvgIpc) is 2.99. The predicted molar refractivity (Wildman–Crippen MR) is 105 cm³/mol. The molecular formula is C24H21NO. The van der Waals surface area contributed by atoms with E-state index in [4.69, 9.17) is 4.74 Å². The van der Waals surface area contributed by atoms with E-state index in [0.717, 1.165) is 17.7 Å². The van der Waals surface area contributed by atoms with Gasteiger partial charge in [0, 0.05) is 0 Å². The molecule has 0 heterocycles. The molecule has 4 rings (SSSR count). The molecule has 2 nitrogen and oxygen atoms in total. The summed E-state index contributed by atoms with van der Waals surface area (Å²) in [4.78, 5) is 0. The van der Waals surface area contributed by atoms with Crippen LogP contribution < -0.4 is 4.74 Å². The highest BCUT2D eigenvalue weighted by Crippen LogP contribution is 2.39. The van der Waals surface area contributed by atoms with Gasteiger partial charge in [-0.05, 0) is 63.9 Å². The Kier molecular flexibility index (Phi) is 3.81. The zero-order valence-electron chi connectivity index (χ0n) is 15.3. The zero-order chi connectivity index (χ0) is 18.3. The minimum absolute atomic E-state index is 0.00140. The summed E-state index contributed by atoms with van der Waals surface area (Å²) < 4.78 is 6.09. The molecule has 0 atom stereocenters. The predicted octanol–water partition coefficient (Wildman–Crippen LogP) is 6.22. The van der Waals surface area contributed by atoms with Crippen molar-refractivity contribution in [3.63, 3.8) is 0 Å². The van der Waals surface area contributed by atoms with Gasteiger partial charge in [-0.25, -0.2) is 0 Å². The first-order chi connectivity index (χ1) is 12.5. The molecule has 0 radical (unpaired) electrons. The Morgan fingerprint density at radius 2 is 1.65 bits per heavy atom. The van der Waals surface area contributed by atoms with Crippen molar-refractivity contribution in [2.24, 2.45) is 0 Å². The number of benzene rings is 3. The Labute approximate surface area is 154 Å². The lowest BCUT2D eigenvalue weighted by Crippen LogP contribution is -2.11. The topological polar surface area (TPSA) is 33.0 Å². The molecule has 0 spiro atoms. The van der Waals surface area contributed by atoms with Gasteiger partial charge in [0.05, 0.1) is 5.56 Å². The van der Waals surface area contributed by atoms with Crippen molar-refractivity contribution in [1.82, 2.24) is 0 Å². The second kappa shape index (κ2) is 6.04. The van der Waals surface area contributed by atoms with Crippen LogP contribution in [0.1, 0.15) is 43.0 Å². The van der Waals surface area contributed by atoms with E-state index in [0.29, 0.717) is 11.3 Å². The second-order valence-electron chi connectivity index (χ2n) is 7.83. The summed E-state index contributed by atoms with van der Waals surface area (Å²) in [6.07, 6.45) is 0.968. The van der Waals surface area contributed by atoms with Gasteiger partial charge in [0.1, 0.15) is 17.6 Å². The lowest BCUT2D eigenvalue weighted by molar-refractivity contribution is 0.480. The first-order valence-electron chi connectivity index (χ1n) is 8.89. The van der Waals surface area contributed by atoms with E-state index >= 15 is 0 Å². The van der Waals surface area contributed by atoms with Gasteiger partial charge in [0.25, 0.3) is 0 Å². The number of ether oxygens (including phenoxy) is 1. The number of fused-ring (bicyclic) bond motifs is 3. The maximum Gasteiger partial charge on any atom is 0.145 e. The number of rotatable bonds is 2. The standard InChI is InChI=1S/C24H21NO/c1-24(2,3)19-9-11-23(18(13-19)15-25)26-20-10-8-17-12-16-6-4-5-7-21(16)22(17)14-20/h4-11,13-14H,12H2,1-3H3. The molecule has 1 aliphatic carbocycles. The molecule has 0 fully saturated rings. The molecule has 0 N–H and O–H groups in total. The normalized spacial score (nSPS) is 12.2. The molecule has 1 aliphatic rings. The van der Waals surface area contributed by atoms with Crippen LogP contribution in [0.3, 0.4) is 0 Å². The van der Waals surface area contributed by atoms with Gasteiger partial charge in [0.15, 0.2) is 0 Å². The minimum atomic E-state index is 0.00140. The van der Waals surface area contributed by atoms with E-state index in [1.165, 1.54) is 22.3 Å². The molecule has 0 bridgehead atoms. The van der Waals surface area contributed by atoms with Gasteiger partial charge in [-0.3, -0.25) is 0 Å². The minimum Gasteiger partial charge on any atom is -0.456 e. The third kappa shape index (κ3) is 2.86. The van der Waals surface area contributed by atoms with Crippen LogP contribution in [0.25, 0.3) is 11.1 Å². The monoisotopic (exact) mass is 339 g/mol. The molecule has 3 aromatic carbocycles. The molecule has 3 aromatic rings. The van der Waals surface area contributed by atoms with Crippen molar-refractivity contribution in [3.05, 3.63) is 82.9 Å². The van der Waals surface area contributed by atoms with Crippen LogP contribution in [0.5, 0.6) is 11.5 Å². The quantitative estimate of drug-likeness (QED) is 0.434. The van der Waals surface area contributed by atoms with E-state index in [1.807, 2.05) is 24.3 Å². The highest BCUT2D eigenvalue weighted by Gasteiger charge is 2.19. The lowest BCUT2D eigenvalue weighted by Gasteiger charge is -2.20. The molecule has 26 heavy (non-hydrogen) atoms. The summed E-state index contributed by atoms with van der Waals surface area (Å²) in [5.74, 6) is 1.37. The fraction of sp³-hybridized carbons (Fsp3) is 0.208. The number of hydrogen-bond acceptors (Lipinski definition) is 2. The first kappa shape index (κ1) is 16.4. The average molecular weight is 339 g/mol. The van der Waals surface area contributed by atoms with E-state index in [2.05, 4.69) is 63.2 Å². The molecule has 0 saturated heterocycles. The molecular weight excluding hydrogens is 318 g/mol. The SMILES string of the molecule is CC(C)(C)c1ccc(Oc2ccc3c(c2)-c2ccccc2C3)c(C#N)c1. The van der Waals surface area contributed by atoms with Crippen molar-refractivity contribution in [2.45, 2.75) is 32.6 Å². The molecule has 0 saturated carbocycles. The van der Waals surface area contributed by atoms with Crippen molar-refractivity contribution in [3.8, 4) is 28.7 Å². The van der Waals surface area contributed by atoms with Crippen molar-refractivity contribution in [2.75, 3.05) is 0 Å². The number of hydrogen-bond donors (Lipinski definition) is 0. The fourth-order valence-electron chi connectivity index (χ4n) is 3.47. The summed E-state index contributed by atoms with van der Waals surface area (Å²) in [6.45, 7) is 6.42. The smallest absolute Gasteiger partial charge is 0.145 e. The largest absolute Gasteiger partial charge is 0.456 e. The summed E-state index contributed by atoms with van der Waals surface area (Å²) in [7, 11) is 0. The maximum absolute atomic E-state index is 9.54. The molecule has 0 aromatic heterocycles. The van der Waals surface area contributed by atoms with Gasteiger partial charge in [0.2, 0.25) is 0 Å². The Bertz CT molecular complexity index is 1030. The van der Waals surface area contributed by atoms with E-state index in [9.17, 15) is 5.26 Å². The van der Waals surface area contributed by atoms with Crippen molar-refractivity contribution < 1.29 is 4.74 Å². The van der Waals surface area contributed by atoms with Crippen molar-refractivity contribution in [1.29, 1.82) is 5.26 Å². The molecule has 0 amide bonds. The van der Waals surface area contributed by atoms with Crippen LogP contribution in [-0.4, -0.2) is 0 Å². The molecule has 0 aliphatic heterocycles. The molecule has 128 valence electrons. The third-order valence-corrected chi connectivity index (χ3v) is 4.96. The Balaban J connectivity index is 1.69. The van der Waals surface area contributed by atoms with Crippen LogP contribution in [0.2, 0.25) is 0 Å².